The maximum atomic E-state index is 5.72. The second-order valence-corrected chi connectivity index (χ2v) is 4.72. The second kappa shape index (κ2) is 6.47. The maximum absolute atomic E-state index is 5.72. The number of nitrogens with zero attached hydrogens (tertiary/aromatic N) is 1. The topological polar surface area (TPSA) is 12.5 Å². The predicted octanol–water partition coefficient (Wildman–Crippen LogP) is 4.52. The molecule has 0 saturated heterocycles. The minimum atomic E-state index is 0.771. The zero-order valence-corrected chi connectivity index (χ0v) is 12.8. The van der Waals surface area contributed by atoms with Crippen molar-refractivity contribution in [3.63, 3.8) is 0 Å². The number of ether oxygens (including phenoxy) is 1. The van der Waals surface area contributed by atoms with Crippen molar-refractivity contribution >= 4 is 5.69 Å². The van der Waals surface area contributed by atoms with Crippen LogP contribution in [0.4, 0.5) is 5.69 Å². The van der Waals surface area contributed by atoms with Gasteiger partial charge in [0.15, 0.2) is 0 Å². The van der Waals surface area contributed by atoms with E-state index in [4.69, 9.17) is 4.74 Å². The van der Waals surface area contributed by atoms with E-state index in [2.05, 4.69) is 55.3 Å². The number of fused-ring (bicyclic) bond motifs is 1. The monoisotopic (exact) mass is 269 g/mol. The van der Waals surface area contributed by atoms with Crippen LogP contribution in [0.3, 0.4) is 0 Å². The lowest BCUT2D eigenvalue weighted by atomic mass is 9.98. The van der Waals surface area contributed by atoms with E-state index < -0.39 is 0 Å². The molecule has 0 aromatic heterocycles. The van der Waals surface area contributed by atoms with Crippen molar-refractivity contribution in [2.24, 2.45) is 0 Å². The van der Waals surface area contributed by atoms with Crippen LogP contribution >= 0.6 is 0 Å². The molecule has 20 heavy (non-hydrogen) atoms. The Bertz CT molecular complexity index is 563. The third kappa shape index (κ3) is 2.64. The number of hydrogen-bond donors (Lipinski definition) is 0. The summed E-state index contributed by atoms with van der Waals surface area (Å²) in [5.74, 6) is 1.00. The summed E-state index contributed by atoms with van der Waals surface area (Å²) in [4.78, 5) is 2.28. The summed E-state index contributed by atoms with van der Waals surface area (Å²) in [5.41, 5.74) is 5.06. The highest BCUT2D eigenvalue weighted by Gasteiger charge is 2.19. The van der Waals surface area contributed by atoms with Crippen molar-refractivity contribution in [2.75, 3.05) is 25.1 Å². The van der Waals surface area contributed by atoms with E-state index in [9.17, 15) is 0 Å². The van der Waals surface area contributed by atoms with Gasteiger partial charge in [0.2, 0.25) is 0 Å². The van der Waals surface area contributed by atoms with Crippen molar-refractivity contribution in [1.82, 2.24) is 0 Å². The Morgan fingerprint density at radius 1 is 1.00 bits per heavy atom. The first kappa shape index (κ1) is 14.4. The minimum Gasteiger partial charge on any atom is -0.490 e. The molecule has 0 aliphatic carbocycles. The lowest BCUT2D eigenvalue weighted by Crippen LogP contribution is -2.29. The molecule has 0 N–H and O–H groups in total. The Labute approximate surface area is 122 Å². The molecule has 0 unspecified atom stereocenters. The van der Waals surface area contributed by atoms with Crippen molar-refractivity contribution in [3.8, 4) is 16.9 Å². The van der Waals surface area contributed by atoms with Gasteiger partial charge in [0.25, 0.3) is 0 Å². The van der Waals surface area contributed by atoms with E-state index in [0.29, 0.717) is 0 Å². The number of rotatable bonds is 1. The van der Waals surface area contributed by atoms with Gasteiger partial charge in [-0.1, -0.05) is 50.2 Å². The van der Waals surface area contributed by atoms with Gasteiger partial charge >= 0.3 is 0 Å². The Hall–Kier alpha value is -1.96. The first-order chi connectivity index (χ1) is 9.77. The normalized spacial score (nSPS) is 12.9. The van der Waals surface area contributed by atoms with Gasteiger partial charge in [-0.2, -0.15) is 0 Å². The zero-order valence-electron chi connectivity index (χ0n) is 12.8. The highest BCUT2D eigenvalue weighted by Crippen LogP contribution is 2.39. The molecule has 3 rings (SSSR count). The molecule has 2 nitrogen and oxygen atoms in total. The molecule has 106 valence electrons. The highest BCUT2D eigenvalue weighted by molar-refractivity contribution is 5.78. The van der Waals surface area contributed by atoms with E-state index in [1.54, 1.807) is 0 Å². The van der Waals surface area contributed by atoms with Crippen LogP contribution in [0, 0.1) is 6.92 Å². The van der Waals surface area contributed by atoms with Crippen LogP contribution in [0.2, 0.25) is 0 Å². The molecular formula is C18H23NO. The first-order valence-corrected chi connectivity index (χ1v) is 7.30. The SMILES string of the molecule is CC.Cc1c(-c2ccccc2)ccc2c1N(C)CCO2. The molecule has 0 bridgehead atoms. The third-order valence-corrected chi connectivity index (χ3v) is 3.54. The van der Waals surface area contributed by atoms with Gasteiger partial charge in [-0.25, -0.2) is 0 Å². The molecule has 2 aromatic rings. The second-order valence-electron chi connectivity index (χ2n) is 4.72. The van der Waals surface area contributed by atoms with Crippen LogP contribution < -0.4 is 9.64 Å². The molecule has 0 amide bonds. The van der Waals surface area contributed by atoms with Crippen molar-refractivity contribution < 1.29 is 4.74 Å². The van der Waals surface area contributed by atoms with Crippen LogP contribution in [0.5, 0.6) is 5.75 Å². The van der Waals surface area contributed by atoms with E-state index in [1.165, 1.54) is 22.4 Å². The van der Waals surface area contributed by atoms with Crippen LogP contribution in [0.25, 0.3) is 11.1 Å². The Balaban J connectivity index is 0.000000704. The largest absolute Gasteiger partial charge is 0.490 e. The van der Waals surface area contributed by atoms with Crippen molar-refractivity contribution in [1.29, 1.82) is 0 Å². The van der Waals surface area contributed by atoms with Gasteiger partial charge in [-0.15, -0.1) is 0 Å². The zero-order chi connectivity index (χ0) is 14.5. The predicted molar refractivity (Wildman–Crippen MR) is 86.7 cm³/mol. The molecule has 0 fully saturated rings. The summed E-state index contributed by atoms with van der Waals surface area (Å²) in [5, 5.41) is 0. The Kier molecular flexibility index (Phi) is 4.67. The lowest BCUT2D eigenvalue weighted by Gasteiger charge is -2.30. The van der Waals surface area contributed by atoms with Gasteiger partial charge in [0.05, 0.1) is 12.2 Å². The highest BCUT2D eigenvalue weighted by atomic mass is 16.5. The van der Waals surface area contributed by atoms with Crippen LogP contribution in [-0.4, -0.2) is 20.2 Å². The van der Waals surface area contributed by atoms with Gasteiger partial charge in [0.1, 0.15) is 12.4 Å². The summed E-state index contributed by atoms with van der Waals surface area (Å²) >= 11 is 0. The molecule has 1 heterocycles. The third-order valence-electron chi connectivity index (χ3n) is 3.54. The average molecular weight is 269 g/mol. The lowest BCUT2D eigenvalue weighted by molar-refractivity contribution is 0.311. The summed E-state index contributed by atoms with van der Waals surface area (Å²) in [6.07, 6.45) is 0. The van der Waals surface area contributed by atoms with E-state index >= 15 is 0 Å². The number of hydrogen-bond acceptors (Lipinski definition) is 2. The Morgan fingerprint density at radius 2 is 1.70 bits per heavy atom. The fourth-order valence-electron chi connectivity index (χ4n) is 2.60. The molecule has 1 aliphatic heterocycles. The van der Waals surface area contributed by atoms with Crippen LogP contribution in [0.15, 0.2) is 42.5 Å². The van der Waals surface area contributed by atoms with Crippen LogP contribution in [0.1, 0.15) is 19.4 Å². The molecule has 0 spiro atoms. The van der Waals surface area contributed by atoms with E-state index in [1.807, 2.05) is 19.9 Å². The molecule has 0 radical (unpaired) electrons. The number of anilines is 1. The van der Waals surface area contributed by atoms with Crippen molar-refractivity contribution in [3.05, 3.63) is 48.0 Å². The number of likely N-dealkylation sites (N-methyl/N-ethyl adjacent to an activating group) is 1. The van der Waals surface area contributed by atoms with Crippen molar-refractivity contribution in [2.45, 2.75) is 20.8 Å². The standard InChI is InChI=1S/C16H17NO.C2H6/c1-12-14(13-6-4-3-5-7-13)8-9-15-16(12)17(2)10-11-18-15;1-2/h3-9H,10-11H2,1-2H3;1-2H3. The average Bonchev–Trinajstić information content (AvgIpc) is 2.50. The summed E-state index contributed by atoms with van der Waals surface area (Å²) in [6, 6.07) is 14.7. The van der Waals surface area contributed by atoms with Gasteiger partial charge in [0, 0.05) is 7.05 Å². The first-order valence-electron chi connectivity index (χ1n) is 7.30. The smallest absolute Gasteiger partial charge is 0.142 e. The van der Waals surface area contributed by atoms with E-state index in [0.717, 1.165) is 18.9 Å². The summed E-state index contributed by atoms with van der Waals surface area (Å²) in [7, 11) is 2.13. The minimum absolute atomic E-state index is 0.771. The molecule has 2 aromatic carbocycles. The van der Waals surface area contributed by atoms with Gasteiger partial charge < -0.3 is 9.64 Å². The molecular weight excluding hydrogens is 246 g/mol. The quantitative estimate of drug-likeness (QED) is 0.755. The molecule has 0 atom stereocenters. The van der Waals surface area contributed by atoms with E-state index in [-0.39, 0.29) is 0 Å². The van der Waals surface area contributed by atoms with Crippen LogP contribution in [-0.2, 0) is 0 Å². The fraction of sp³-hybridized carbons (Fsp3) is 0.333. The molecule has 2 heteroatoms. The maximum Gasteiger partial charge on any atom is 0.142 e. The fourth-order valence-corrected chi connectivity index (χ4v) is 2.60. The number of benzene rings is 2. The summed E-state index contributed by atoms with van der Waals surface area (Å²) < 4.78 is 5.72. The van der Waals surface area contributed by atoms with Gasteiger partial charge in [-0.05, 0) is 29.7 Å². The molecule has 1 aliphatic rings. The summed E-state index contributed by atoms with van der Waals surface area (Å²) in [6.45, 7) is 7.89. The Morgan fingerprint density at radius 3 is 2.40 bits per heavy atom. The van der Waals surface area contributed by atoms with Gasteiger partial charge in [-0.3, -0.25) is 0 Å². The molecule has 0 saturated carbocycles.